The van der Waals surface area contributed by atoms with Gasteiger partial charge in [-0.25, -0.2) is 0 Å². The van der Waals surface area contributed by atoms with E-state index in [0.717, 1.165) is 19.0 Å². The molecule has 22 heavy (non-hydrogen) atoms. The smallest absolute Gasteiger partial charge is 0.191 e. The first-order chi connectivity index (χ1) is 10.3. The van der Waals surface area contributed by atoms with Crippen molar-refractivity contribution >= 4 is 41.7 Å². The van der Waals surface area contributed by atoms with Crippen LogP contribution >= 0.6 is 35.7 Å². The van der Waals surface area contributed by atoms with E-state index in [9.17, 15) is 0 Å². The molecule has 2 aliphatic carbocycles. The first-order valence-electron chi connectivity index (χ1n) is 8.47. The number of halogens is 1. The zero-order chi connectivity index (χ0) is 14.7. The Balaban J connectivity index is 0.00000176. The highest BCUT2D eigenvalue weighted by Crippen LogP contribution is 2.57. The molecule has 0 bridgehead atoms. The molecule has 3 rings (SSSR count). The van der Waals surface area contributed by atoms with Crippen LogP contribution in [0.3, 0.4) is 0 Å². The van der Waals surface area contributed by atoms with E-state index in [1.54, 1.807) is 0 Å². The predicted molar refractivity (Wildman–Crippen MR) is 105 cm³/mol. The van der Waals surface area contributed by atoms with Crippen LogP contribution in [0.4, 0.5) is 0 Å². The van der Waals surface area contributed by atoms with Gasteiger partial charge in [0.2, 0.25) is 0 Å². The summed E-state index contributed by atoms with van der Waals surface area (Å²) in [6.45, 7) is 2.94. The maximum Gasteiger partial charge on any atom is 0.191 e. The number of ether oxygens (including phenoxy) is 1. The first kappa shape index (κ1) is 18.6. The fourth-order valence-corrected chi connectivity index (χ4v) is 5.10. The first-order valence-corrected chi connectivity index (χ1v) is 9.63. The molecule has 4 nitrogen and oxygen atoms in total. The number of aliphatic imine (C=N–C) groups is 1. The van der Waals surface area contributed by atoms with Gasteiger partial charge in [-0.05, 0) is 44.8 Å². The Morgan fingerprint density at radius 3 is 2.68 bits per heavy atom. The maximum absolute atomic E-state index is 5.93. The number of rotatable bonds is 4. The second kappa shape index (κ2) is 8.42. The third kappa shape index (κ3) is 3.69. The van der Waals surface area contributed by atoms with Gasteiger partial charge in [-0.15, -0.1) is 24.0 Å². The monoisotopic (exact) mass is 439 g/mol. The number of guanidine groups is 1. The van der Waals surface area contributed by atoms with Gasteiger partial charge in [0.05, 0.1) is 6.10 Å². The van der Waals surface area contributed by atoms with Crippen LogP contribution in [0.5, 0.6) is 0 Å². The summed E-state index contributed by atoms with van der Waals surface area (Å²) in [4.78, 5) is 4.44. The van der Waals surface area contributed by atoms with Gasteiger partial charge < -0.3 is 15.4 Å². The van der Waals surface area contributed by atoms with Gasteiger partial charge in [0.15, 0.2) is 5.96 Å². The third-order valence-corrected chi connectivity index (χ3v) is 6.69. The molecule has 1 spiro atoms. The van der Waals surface area contributed by atoms with Crippen LogP contribution in [0.1, 0.15) is 45.4 Å². The largest absolute Gasteiger partial charge is 0.378 e. The Hall–Kier alpha value is 0.310. The van der Waals surface area contributed by atoms with Gasteiger partial charge in [0, 0.05) is 36.9 Å². The molecule has 3 fully saturated rings. The fraction of sp³-hybridized carbons (Fsp3) is 0.938. The van der Waals surface area contributed by atoms with Crippen molar-refractivity contribution in [2.45, 2.75) is 63.6 Å². The molecule has 3 atom stereocenters. The number of thioether (sulfide) groups is 1. The SMILES string of the molecule is CCOC1CC(NC(=NC)NC2CCCSC2)C12CCC2.I. The lowest BCUT2D eigenvalue weighted by Crippen LogP contribution is -2.69. The molecule has 0 aromatic heterocycles. The summed E-state index contributed by atoms with van der Waals surface area (Å²) in [6.07, 6.45) is 8.17. The van der Waals surface area contributed by atoms with Crippen molar-refractivity contribution in [2.75, 3.05) is 25.2 Å². The second-order valence-electron chi connectivity index (χ2n) is 6.59. The van der Waals surface area contributed by atoms with E-state index in [0.29, 0.717) is 23.6 Å². The van der Waals surface area contributed by atoms with E-state index in [4.69, 9.17) is 4.74 Å². The Morgan fingerprint density at radius 1 is 1.32 bits per heavy atom. The molecule has 0 amide bonds. The third-order valence-electron chi connectivity index (χ3n) is 5.47. The molecule has 0 radical (unpaired) electrons. The van der Waals surface area contributed by atoms with Crippen molar-refractivity contribution in [1.29, 1.82) is 0 Å². The van der Waals surface area contributed by atoms with Crippen molar-refractivity contribution in [3.05, 3.63) is 0 Å². The van der Waals surface area contributed by atoms with Gasteiger partial charge in [0.25, 0.3) is 0 Å². The molecule has 6 heteroatoms. The molecule has 128 valence electrons. The Labute approximate surface area is 156 Å². The predicted octanol–water partition coefficient (Wildman–Crippen LogP) is 3.01. The summed E-state index contributed by atoms with van der Waals surface area (Å²) in [6, 6.07) is 1.13. The van der Waals surface area contributed by atoms with E-state index < -0.39 is 0 Å². The molecule has 3 aliphatic rings. The summed E-state index contributed by atoms with van der Waals surface area (Å²) in [5.41, 5.74) is 0.398. The highest BCUT2D eigenvalue weighted by Gasteiger charge is 2.59. The van der Waals surface area contributed by atoms with Gasteiger partial charge in [-0.2, -0.15) is 11.8 Å². The Morgan fingerprint density at radius 2 is 2.14 bits per heavy atom. The van der Waals surface area contributed by atoms with Crippen LogP contribution in [-0.2, 0) is 4.74 Å². The van der Waals surface area contributed by atoms with E-state index in [1.165, 1.54) is 43.6 Å². The van der Waals surface area contributed by atoms with E-state index in [2.05, 4.69) is 34.3 Å². The minimum atomic E-state index is 0. The number of nitrogens with zero attached hydrogens (tertiary/aromatic N) is 1. The van der Waals surface area contributed by atoms with Crippen molar-refractivity contribution in [3.63, 3.8) is 0 Å². The average Bonchev–Trinajstić information content (AvgIpc) is 2.44. The molecule has 1 heterocycles. The highest BCUT2D eigenvalue weighted by molar-refractivity contribution is 14.0. The Bertz CT molecular complexity index is 384. The quantitative estimate of drug-likeness (QED) is 0.402. The minimum Gasteiger partial charge on any atom is -0.378 e. The van der Waals surface area contributed by atoms with E-state index in [1.807, 2.05) is 7.05 Å². The second-order valence-corrected chi connectivity index (χ2v) is 7.74. The van der Waals surface area contributed by atoms with Gasteiger partial charge in [-0.1, -0.05) is 6.42 Å². The van der Waals surface area contributed by atoms with Crippen molar-refractivity contribution in [2.24, 2.45) is 10.4 Å². The highest BCUT2D eigenvalue weighted by atomic mass is 127. The standard InChI is InChI=1S/C16H29N3OS.HI/c1-3-20-14-10-13(16(14)7-5-8-16)19-15(17-2)18-12-6-4-9-21-11-12;/h12-14H,3-11H2,1-2H3,(H2,17,18,19);1H. The van der Waals surface area contributed by atoms with E-state index >= 15 is 0 Å². The van der Waals surface area contributed by atoms with Crippen LogP contribution in [0.25, 0.3) is 0 Å². The molecule has 2 N–H and O–H groups in total. The zero-order valence-electron chi connectivity index (χ0n) is 13.8. The molecule has 0 aromatic carbocycles. The van der Waals surface area contributed by atoms with Crippen molar-refractivity contribution < 1.29 is 4.74 Å². The molecule has 1 saturated heterocycles. The zero-order valence-corrected chi connectivity index (χ0v) is 16.9. The lowest BCUT2D eigenvalue weighted by Gasteiger charge is -2.61. The topological polar surface area (TPSA) is 45.6 Å². The number of nitrogens with one attached hydrogen (secondary N) is 2. The summed E-state index contributed by atoms with van der Waals surface area (Å²) >= 11 is 2.05. The average molecular weight is 439 g/mol. The lowest BCUT2D eigenvalue weighted by atomic mass is 9.51. The van der Waals surface area contributed by atoms with Gasteiger partial charge >= 0.3 is 0 Å². The van der Waals surface area contributed by atoms with Crippen LogP contribution in [-0.4, -0.2) is 49.3 Å². The normalized spacial score (nSPS) is 33.4. The molecule has 3 unspecified atom stereocenters. The molecule has 1 aliphatic heterocycles. The molecule has 0 aromatic rings. The summed E-state index contributed by atoms with van der Waals surface area (Å²) < 4.78 is 5.93. The minimum absolute atomic E-state index is 0. The van der Waals surface area contributed by atoms with Crippen LogP contribution in [0.2, 0.25) is 0 Å². The maximum atomic E-state index is 5.93. The molecular weight excluding hydrogens is 409 g/mol. The summed E-state index contributed by atoms with van der Waals surface area (Å²) in [5, 5.41) is 7.30. The summed E-state index contributed by atoms with van der Waals surface area (Å²) in [5.74, 6) is 3.51. The van der Waals surface area contributed by atoms with Crippen LogP contribution in [0, 0.1) is 5.41 Å². The lowest BCUT2D eigenvalue weighted by molar-refractivity contribution is -0.168. The molecule has 2 saturated carbocycles. The van der Waals surface area contributed by atoms with Crippen LogP contribution in [0.15, 0.2) is 4.99 Å². The van der Waals surface area contributed by atoms with Gasteiger partial charge in [-0.3, -0.25) is 4.99 Å². The Kier molecular flexibility index (Phi) is 7.14. The van der Waals surface area contributed by atoms with Crippen molar-refractivity contribution in [1.82, 2.24) is 10.6 Å². The fourth-order valence-electron chi connectivity index (χ4n) is 4.02. The summed E-state index contributed by atoms with van der Waals surface area (Å²) in [7, 11) is 1.89. The number of hydrogen-bond acceptors (Lipinski definition) is 3. The molecular formula is C16H30IN3OS. The van der Waals surface area contributed by atoms with Gasteiger partial charge in [0.1, 0.15) is 0 Å². The van der Waals surface area contributed by atoms with Crippen molar-refractivity contribution in [3.8, 4) is 0 Å². The van der Waals surface area contributed by atoms with Crippen LogP contribution < -0.4 is 10.6 Å². The number of hydrogen-bond donors (Lipinski definition) is 2. The van der Waals surface area contributed by atoms with E-state index in [-0.39, 0.29) is 24.0 Å².